The predicted octanol–water partition coefficient (Wildman–Crippen LogP) is 5.69. The number of alkyl halides is 1. The van der Waals surface area contributed by atoms with E-state index in [0.29, 0.717) is 37.3 Å². The van der Waals surface area contributed by atoms with Crippen LogP contribution < -0.4 is 0 Å². The van der Waals surface area contributed by atoms with Crippen molar-refractivity contribution in [2.45, 2.75) is 63.0 Å². The summed E-state index contributed by atoms with van der Waals surface area (Å²) in [6, 6.07) is 7.16. The number of fused-ring (bicyclic) bond motifs is 2. The number of hydrogen-bond donors (Lipinski definition) is 2. The largest absolute Gasteiger partial charge is 0.479 e. The Kier molecular flexibility index (Phi) is 5.55. The van der Waals surface area contributed by atoms with Crippen molar-refractivity contribution in [3.63, 3.8) is 0 Å². The number of carbonyl (C=O) groups is 1. The average Bonchev–Trinajstić information content (AvgIpc) is 3.47. The second kappa shape index (κ2) is 8.65. The Morgan fingerprint density at radius 1 is 1.17 bits per heavy atom. The first-order valence-electron chi connectivity index (χ1n) is 12.5. The number of pyridine rings is 1. The normalized spacial score (nSPS) is 23.5. The number of carboxylic acid groups (broad SMARTS) is 1. The second-order valence-electron chi connectivity index (χ2n) is 10.2. The molecule has 36 heavy (non-hydrogen) atoms. The molecule has 0 radical (unpaired) electrons. The number of benzene rings is 1. The molecular formula is C27H28F2N4O3. The Bertz CT molecular complexity index is 1460. The number of H-pyrrole nitrogens is 1. The lowest BCUT2D eigenvalue weighted by atomic mass is 9.75. The maximum absolute atomic E-state index is 15.0. The van der Waals surface area contributed by atoms with E-state index in [9.17, 15) is 18.7 Å². The van der Waals surface area contributed by atoms with Crippen molar-refractivity contribution < 1.29 is 23.4 Å². The zero-order chi connectivity index (χ0) is 25.0. The van der Waals surface area contributed by atoms with Crippen molar-refractivity contribution in [1.29, 1.82) is 0 Å². The van der Waals surface area contributed by atoms with Crippen molar-refractivity contribution in [3.8, 4) is 5.69 Å². The number of nitrogens with one attached hydrogen (secondary N) is 1. The fraction of sp³-hybridized carbons (Fsp3) is 0.444. The summed E-state index contributed by atoms with van der Waals surface area (Å²) in [5.74, 6) is -1.50. The lowest BCUT2D eigenvalue weighted by molar-refractivity contribution is -0.153. The van der Waals surface area contributed by atoms with Crippen molar-refractivity contribution in [2.24, 2.45) is 0 Å². The second-order valence-corrected chi connectivity index (χ2v) is 10.2. The number of aromatic nitrogens is 4. The van der Waals surface area contributed by atoms with Crippen LogP contribution in [0, 0.1) is 12.7 Å². The summed E-state index contributed by atoms with van der Waals surface area (Å²) in [6.45, 7) is 3.03. The van der Waals surface area contributed by atoms with E-state index in [1.54, 1.807) is 19.2 Å². The first-order chi connectivity index (χ1) is 17.4. The molecule has 4 aromatic rings. The van der Waals surface area contributed by atoms with E-state index < -0.39 is 11.6 Å². The summed E-state index contributed by atoms with van der Waals surface area (Å²) >= 11 is 0. The molecule has 1 saturated heterocycles. The van der Waals surface area contributed by atoms with Crippen LogP contribution in [-0.4, -0.2) is 49.7 Å². The van der Waals surface area contributed by atoms with E-state index >= 15 is 0 Å². The Morgan fingerprint density at radius 2 is 1.92 bits per heavy atom. The highest BCUT2D eigenvalue weighted by Gasteiger charge is 2.44. The van der Waals surface area contributed by atoms with Crippen LogP contribution in [0.1, 0.15) is 67.2 Å². The minimum atomic E-state index is -2.19. The Hall–Kier alpha value is -3.33. The summed E-state index contributed by atoms with van der Waals surface area (Å²) in [7, 11) is 0. The van der Waals surface area contributed by atoms with Gasteiger partial charge in [-0.05, 0) is 81.2 Å². The molecule has 2 fully saturated rings. The van der Waals surface area contributed by atoms with Gasteiger partial charge in [0.15, 0.2) is 5.65 Å². The lowest BCUT2D eigenvalue weighted by Gasteiger charge is -2.33. The summed E-state index contributed by atoms with van der Waals surface area (Å²) < 4.78 is 37.1. The zero-order valence-corrected chi connectivity index (χ0v) is 20.1. The van der Waals surface area contributed by atoms with Gasteiger partial charge in [-0.2, -0.15) is 5.10 Å². The van der Waals surface area contributed by atoms with Crippen molar-refractivity contribution in [1.82, 2.24) is 19.7 Å². The maximum Gasteiger partial charge on any atom is 0.341 e. The minimum Gasteiger partial charge on any atom is -0.479 e. The van der Waals surface area contributed by atoms with Crippen LogP contribution in [-0.2, 0) is 9.53 Å². The highest BCUT2D eigenvalue weighted by Crippen LogP contribution is 2.48. The van der Waals surface area contributed by atoms with E-state index in [2.05, 4.69) is 14.8 Å². The van der Waals surface area contributed by atoms with Crippen LogP contribution in [0.4, 0.5) is 8.78 Å². The van der Waals surface area contributed by atoms with Crippen molar-refractivity contribution >= 4 is 28.0 Å². The topological polar surface area (TPSA) is 93.0 Å². The van der Waals surface area contributed by atoms with E-state index in [-0.39, 0.29) is 30.5 Å². The highest BCUT2D eigenvalue weighted by atomic mass is 19.1. The number of halogens is 2. The number of aliphatic carboxylic acids is 1. The van der Waals surface area contributed by atoms with Gasteiger partial charge in [0.1, 0.15) is 5.82 Å². The number of aryl methyl sites for hydroxylation is 1. The van der Waals surface area contributed by atoms with Gasteiger partial charge in [-0.25, -0.2) is 18.6 Å². The first kappa shape index (κ1) is 23.1. The predicted molar refractivity (Wildman–Crippen MR) is 131 cm³/mol. The molecule has 6 rings (SSSR count). The fourth-order valence-corrected chi connectivity index (χ4v) is 6.01. The third-order valence-corrected chi connectivity index (χ3v) is 8.00. The molecule has 0 atom stereocenters. The monoisotopic (exact) mass is 494 g/mol. The number of aromatic amines is 1. The summed E-state index contributed by atoms with van der Waals surface area (Å²) in [4.78, 5) is 16.5. The number of carboxylic acids is 1. The average molecular weight is 495 g/mol. The summed E-state index contributed by atoms with van der Waals surface area (Å²) in [5, 5.41) is 17.4. The van der Waals surface area contributed by atoms with Crippen LogP contribution in [0.3, 0.4) is 0 Å². The molecule has 188 valence electrons. The van der Waals surface area contributed by atoms with E-state index in [1.165, 1.54) is 6.07 Å². The van der Waals surface area contributed by atoms with E-state index in [0.717, 1.165) is 46.2 Å². The molecule has 1 aliphatic carbocycles. The maximum atomic E-state index is 15.0. The van der Waals surface area contributed by atoms with Crippen LogP contribution in [0.5, 0.6) is 0 Å². The summed E-state index contributed by atoms with van der Waals surface area (Å²) in [5.41, 5.74) is 3.71. The number of rotatable bonds is 4. The molecule has 1 aromatic carbocycles. The highest BCUT2D eigenvalue weighted by molar-refractivity contribution is 5.93. The van der Waals surface area contributed by atoms with E-state index in [1.807, 2.05) is 12.1 Å². The standard InChI is InChI=1S/C27H28F2N4O3/c1-15-12-19(2-3-20(15)28)33-21-13-18-14-30-32-25(18)31-23(21)22(24(33)17-6-10-36-11-7-17)16-4-8-27(29,9-5-16)26(34)35/h2-3,12-14,16-17H,4-11H2,1H3,(H,34,35)(H,30,31,32)/t16-,27+. The minimum absolute atomic E-state index is 0.0329. The van der Waals surface area contributed by atoms with Crippen LogP contribution >= 0.6 is 0 Å². The molecule has 0 amide bonds. The van der Waals surface area contributed by atoms with Gasteiger partial charge in [0.25, 0.3) is 0 Å². The van der Waals surface area contributed by atoms with Gasteiger partial charge < -0.3 is 14.4 Å². The van der Waals surface area contributed by atoms with Crippen molar-refractivity contribution in [2.75, 3.05) is 13.2 Å². The molecule has 9 heteroatoms. The first-order valence-corrected chi connectivity index (χ1v) is 12.5. The molecule has 4 heterocycles. The molecule has 2 aliphatic rings. The fourth-order valence-electron chi connectivity index (χ4n) is 6.01. The smallest absolute Gasteiger partial charge is 0.341 e. The molecule has 2 N–H and O–H groups in total. The molecule has 3 aromatic heterocycles. The third kappa shape index (κ3) is 3.68. The van der Waals surface area contributed by atoms with Gasteiger partial charge in [0.2, 0.25) is 5.67 Å². The summed E-state index contributed by atoms with van der Waals surface area (Å²) in [6.07, 6.45) is 4.17. The zero-order valence-electron chi connectivity index (χ0n) is 20.1. The number of nitrogens with zero attached hydrogens (tertiary/aromatic N) is 3. The van der Waals surface area contributed by atoms with Gasteiger partial charge in [0, 0.05) is 41.5 Å². The van der Waals surface area contributed by atoms with Crippen molar-refractivity contribution in [3.05, 3.63) is 53.1 Å². The molecule has 1 saturated carbocycles. The van der Waals surface area contributed by atoms with Gasteiger partial charge >= 0.3 is 5.97 Å². The van der Waals surface area contributed by atoms with Gasteiger partial charge in [-0.1, -0.05) is 0 Å². The van der Waals surface area contributed by atoms with Gasteiger partial charge in [-0.15, -0.1) is 0 Å². The van der Waals surface area contributed by atoms with Crippen LogP contribution in [0.2, 0.25) is 0 Å². The van der Waals surface area contributed by atoms with Gasteiger partial charge in [-0.3, -0.25) is 5.10 Å². The number of ether oxygens (including phenoxy) is 1. The van der Waals surface area contributed by atoms with Crippen LogP contribution in [0.15, 0.2) is 30.5 Å². The molecule has 0 unspecified atom stereocenters. The van der Waals surface area contributed by atoms with Crippen LogP contribution in [0.25, 0.3) is 27.8 Å². The Morgan fingerprint density at radius 3 is 2.61 bits per heavy atom. The van der Waals surface area contributed by atoms with Gasteiger partial charge in [0.05, 0.1) is 17.2 Å². The Balaban J connectivity index is 1.61. The molecule has 1 aliphatic heterocycles. The number of hydrogen-bond acceptors (Lipinski definition) is 4. The molecule has 0 bridgehead atoms. The lowest BCUT2D eigenvalue weighted by Crippen LogP contribution is -2.37. The third-order valence-electron chi connectivity index (χ3n) is 8.00. The quantitative estimate of drug-likeness (QED) is 0.380. The SMILES string of the molecule is Cc1cc(-n2c(C3CCOCC3)c([C@H]3CC[C@](F)(C(=O)O)CC3)c3nc4[nH]ncc4cc32)ccc1F. The van der Waals surface area contributed by atoms with E-state index in [4.69, 9.17) is 9.72 Å². The Labute approximate surface area is 206 Å². The molecule has 7 nitrogen and oxygen atoms in total. The molecule has 0 spiro atoms. The molecular weight excluding hydrogens is 466 g/mol.